The number of amides is 2. The van der Waals surface area contributed by atoms with Gasteiger partial charge in [0.05, 0.1) is 5.56 Å². The summed E-state index contributed by atoms with van der Waals surface area (Å²) in [4.78, 5) is 31.6. The van der Waals surface area contributed by atoms with Crippen LogP contribution in [0, 0.1) is 12.8 Å². The Morgan fingerprint density at radius 2 is 1.76 bits per heavy atom. The van der Waals surface area contributed by atoms with Crippen LogP contribution >= 0.6 is 0 Å². The Morgan fingerprint density at radius 1 is 1.00 bits per heavy atom. The van der Waals surface area contributed by atoms with Gasteiger partial charge in [0.25, 0.3) is 11.8 Å². The van der Waals surface area contributed by atoms with Crippen molar-refractivity contribution in [1.82, 2.24) is 10.3 Å². The SMILES string of the molecule is Cc1ccc(C(=O)Nc2ccc(CNC(=O)c3ccccn3)cc2)c(N2CCC(C)CC2)c1. The number of aryl methyl sites for hydroxylation is 1. The first-order chi connectivity index (χ1) is 16.0. The van der Waals surface area contributed by atoms with Gasteiger partial charge in [-0.05, 0) is 73.2 Å². The first kappa shape index (κ1) is 22.5. The summed E-state index contributed by atoms with van der Waals surface area (Å²) in [7, 11) is 0. The van der Waals surface area contributed by atoms with Crippen LogP contribution in [-0.2, 0) is 6.54 Å². The van der Waals surface area contributed by atoms with Crippen LogP contribution in [0.5, 0.6) is 0 Å². The highest BCUT2D eigenvalue weighted by molar-refractivity contribution is 6.08. The van der Waals surface area contributed by atoms with Gasteiger partial charge in [0.1, 0.15) is 5.69 Å². The number of carbonyl (C=O) groups is 2. The van der Waals surface area contributed by atoms with E-state index in [0.29, 0.717) is 17.8 Å². The molecule has 33 heavy (non-hydrogen) atoms. The first-order valence-corrected chi connectivity index (χ1v) is 11.4. The Hall–Kier alpha value is -3.67. The van der Waals surface area contributed by atoms with E-state index in [9.17, 15) is 9.59 Å². The van der Waals surface area contributed by atoms with Gasteiger partial charge in [0.15, 0.2) is 0 Å². The summed E-state index contributed by atoms with van der Waals surface area (Å²) >= 11 is 0. The van der Waals surface area contributed by atoms with Crippen LogP contribution in [0.3, 0.4) is 0 Å². The van der Waals surface area contributed by atoms with Gasteiger partial charge < -0.3 is 15.5 Å². The molecule has 0 unspecified atom stereocenters. The van der Waals surface area contributed by atoms with E-state index < -0.39 is 0 Å². The lowest BCUT2D eigenvalue weighted by Crippen LogP contribution is -2.34. The fourth-order valence-electron chi connectivity index (χ4n) is 4.02. The molecule has 0 saturated carbocycles. The van der Waals surface area contributed by atoms with Crippen LogP contribution in [0.2, 0.25) is 0 Å². The molecule has 1 aliphatic rings. The maximum atomic E-state index is 13.1. The summed E-state index contributed by atoms with van der Waals surface area (Å²) < 4.78 is 0. The smallest absolute Gasteiger partial charge is 0.270 e. The molecule has 1 aliphatic heterocycles. The van der Waals surface area contributed by atoms with Crippen LogP contribution in [0.1, 0.15) is 51.7 Å². The summed E-state index contributed by atoms with van der Waals surface area (Å²) in [6.45, 7) is 6.69. The van der Waals surface area contributed by atoms with Crippen LogP contribution in [0.4, 0.5) is 11.4 Å². The molecule has 4 rings (SSSR count). The molecule has 0 aliphatic carbocycles. The summed E-state index contributed by atoms with van der Waals surface area (Å²) in [5, 5.41) is 5.88. The molecule has 1 saturated heterocycles. The van der Waals surface area contributed by atoms with Gasteiger partial charge in [-0.3, -0.25) is 14.6 Å². The highest BCUT2D eigenvalue weighted by Gasteiger charge is 2.21. The second-order valence-electron chi connectivity index (χ2n) is 8.74. The first-order valence-electron chi connectivity index (χ1n) is 11.4. The van der Waals surface area contributed by atoms with Crippen molar-refractivity contribution in [3.05, 3.63) is 89.2 Å². The van der Waals surface area contributed by atoms with E-state index >= 15 is 0 Å². The molecule has 2 N–H and O–H groups in total. The van der Waals surface area contributed by atoms with E-state index in [1.54, 1.807) is 24.4 Å². The number of aromatic nitrogens is 1. The third-order valence-electron chi connectivity index (χ3n) is 6.08. The van der Waals surface area contributed by atoms with Gasteiger partial charge in [-0.2, -0.15) is 0 Å². The molecule has 0 radical (unpaired) electrons. The minimum Gasteiger partial charge on any atom is -0.371 e. The largest absolute Gasteiger partial charge is 0.371 e. The molecular formula is C27H30N4O2. The molecule has 6 heteroatoms. The average molecular weight is 443 g/mol. The lowest BCUT2D eigenvalue weighted by molar-refractivity contribution is 0.0945. The molecule has 2 aromatic carbocycles. The number of nitrogens with one attached hydrogen (secondary N) is 2. The third-order valence-corrected chi connectivity index (χ3v) is 6.08. The molecule has 0 bridgehead atoms. The molecular weight excluding hydrogens is 412 g/mol. The molecule has 0 atom stereocenters. The lowest BCUT2D eigenvalue weighted by Gasteiger charge is -2.33. The van der Waals surface area contributed by atoms with Crippen molar-refractivity contribution in [3.8, 4) is 0 Å². The number of hydrogen-bond donors (Lipinski definition) is 2. The van der Waals surface area contributed by atoms with E-state index in [1.165, 1.54) is 0 Å². The highest BCUT2D eigenvalue weighted by Crippen LogP contribution is 2.28. The van der Waals surface area contributed by atoms with Crippen LogP contribution in [0.15, 0.2) is 66.9 Å². The molecule has 2 heterocycles. The number of anilines is 2. The number of nitrogens with zero attached hydrogens (tertiary/aromatic N) is 2. The van der Waals surface area contributed by atoms with Gasteiger partial charge in [-0.1, -0.05) is 31.2 Å². The fraction of sp³-hybridized carbons (Fsp3) is 0.296. The van der Waals surface area contributed by atoms with E-state index in [0.717, 1.165) is 54.4 Å². The minimum atomic E-state index is -0.216. The number of benzene rings is 2. The predicted molar refractivity (Wildman–Crippen MR) is 132 cm³/mol. The highest BCUT2D eigenvalue weighted by atomic mass is 16.2. The zero-order valence-electron chi connectivity index (χ0n) is 19.2. The predicted octanol–water partition coefficient (Wildman–Crippen LogP) is 4.81. The monoisotopic (exact) mass is 442 g/mol. The van der Waals surface area contributed by atoms with Crippen LogP contribution < -0.4 is 15.5 Å². The molecule has 6 nitrogen and oxygen atoms in total. The van der Waals surface area contributed by atoms with Crippen molar-refractivity contribution in [2.75, 3.05) is 23.3 Å². The Kier molecular flexibility index (Phi) is 7.03. The van der Waals surface area contributed by atoms with Gasteiger partial charge in [0.2, 0.25) is 0 Å². The van der Waals surface area contributed by atoms with Gasteiger partial charge in [-0.15, -0.1) is 0 Å². The normalized spacial score (nSPS) is 14.1. The Morgan fingerprint density at radius 3 is 2.45 bits per heavy atom. The zero-order valence-corrected chi connectivity index (χ0v) is 19.2. The van der Waals surface area contributed by atoms with Crippen LogP contribution in [0.25, 0.3) is 0 Å². The topological polar surface area (TPSA) is 74.3 Å². The van der Waals surface area contributed by atoms with Crippen molar-refractivity contribution in [2.24, 2.45) is 5.92 Å². The Balaban J connectivity index is 1.39. The molecule has 1 aromatic heterocycles. The number of carbonyl (C=O) groups excluding carboxylic acids is 2. The van der Waals surface area contributed by atoms with E-state index in [2.05, 4.69) is 40.4 Å². The van der Waals surface area contributed by atoms with Gasteiger partial charge >= 0.3 is 0 Å². The summed E-state index contributed by atoms with van der Waals surface area (Å²) in [5.41, 5.74) is 4.90. The van der Waals surface area contributed by atoms with E-state index in [4.69, 9.17) is 0 Å². The standard InChI is InChI=1S/C27H30N4O2/c1-19-12-15-31(16-13-19)25-17-20(2)6-11-23(25)26(32)30-22-9-7-21(8-10-22)18-29-27(33)24-5-3-4-14-28-24/h3-11,14,17,19H,12-13,15-16,18H2,1-2H3,(H,29,33)(H,30,32). The summed E-state index contributed by atoms with van der Waals surface area (Å²) in [5.74, 6) is 0.405. The van der Waals surface area contributed by atoms with Crippen molar-refractivity contribution >= 4 is 23.2 Å². The number of rotatable bonds is 6. The van der Waals surface area contributed by atoms with Crippen molar-refractivity contribution < 1.29 is 9.59 Å². The maximum absolute atomic E-state index is 13.1. The second-order valence-corrected chi connectivity index (χ2v) is 8.74. The number of hydrogen-bond acceptors (Lipinski definition) is 4. The molecule has 2 amide bonds. The number of pyridine rings is 1. The number of piperidine rings is 1. The van der Waals surface area contributed by atoms with Gasteiger partial charge in [0, 0.05) is 37.2 Å². The lowest BCUT2D eigenvalue weighted by atomic mass is 9.97. The summed E-state index contributed by atoms with van der Waals surface area (Å²) in [6.07, 6.45) is 3.89. The molecule has 170 valence electrons. The zero-order chi connectivity index (χ0) is 23.2. The van der Waals surface area contributed by atoms with E-state index in [-0.39, 0.29) is 11.8 Å². The average Bonchev–Trinajstić information content (AvgIpc) is 2.84. The van der Waals surface area contributed by atoms with Crippen LogP contribution in [-0.4, -0.2) is 29.9 Å². The third kappa shape index (κ3) is 5.77. The Bertz CT molecular complexity index is 1100. The summed E-state index contributed by atoms with van der Waals surface area (Å²) in [6, 6.07) is 18.8. The molecule has 3 aromatic rings. The van der Waals surface area contributed by atoms with Crippen molar-refractivity contribution in [2.45, 2.75) is 33.2 Å². The Labute approximate surface area is 195 Å². The maximum Gasteiger partial charge on any atom is 0.270 e. The van der Waals surface area contributed by atoms with E-state index in [1.807, 2.05) is 36.4 Å². The minimum absolute atomic E-state index is 0.111. The fourth-order valence-corrected chi connectivity index (χ4v) is 4.02. The van der Waals surface area contributed by atoms with Gasteiger partial charge in [-0.25, -0.2) is 0 Å². The molecule has 0 spiro atoms. The van der Waals surface area contributed by atoms with Crippen molar-refractivity contribution in [3.63, 3.8) is 0 Å². The molecule has 1 fully saturated rings. The second kappa shape index (κ2) is 10.3. The quantitative estimate of drug-likeness (QED) is 0.575. The van der Waals surface area contributed by atoms with Crippen molar-refractivity contribution in [1.29, 1.82) is 0 Å².